The van der Waals surface area contributed by atoms with Crippen molar-refractivity contribution in [2.75, 3.05) is 7.11 Å². The van der Waals surface area contributed by atoms with Crippen LogP contribution in [0.25, 0.3) is 0 Å². The van der Waals surface area contributed by atoms with Crippen LogP contribution in [0.15, 0.2) is 18.2 Å². The molecule has 1 aromatic carbocycles. The molecule has 100 valence electrons. The minimum Gasteiger partial charge on any atom is -0.390 e. The fourth-order valence-corrected chi connectivity index (χ4v) is 2.74. The third kappa shape index (κ3) is 2.54. The molecule has 1 unspecified atom stereocenters. The summed E-state index contributed by atoms with van der Waals surface area (Å²) in [6.45, 7) is 0. The normalized spacial score (nSPS) is 20.0. The van der Waals surface area contributed by atoms with Crippen molar-refractivity contribution in [2.24, 2.45) is 0 Å². The van der Waals surface area contributed by atoms with Gasteiger partial charge in [0.05, 0.1) is 11.7 Å². The van der Waals surface area contributed by atoms with Crippen molar-refractivity contribution in [1.82, 2.24) is 0 Å². The summed E-state index contributed by atoms with van der Waals surface area (Å²) in [6, 6.07) is 3.30. The molecule has 1 N–H and O–H groups in total. The first-order chi connectivity index (χ1) is 8.57. The largest absolute Gasteiger partial charge is 0.390 e. The molecule has 2 rings (SSSR count). The van der Waals surface area contributed by atoms with Crippen LogP contribution in [0.2, 0.25) is 0 Å². The molecule has 1 aliphatic carbocycles. The highest BCUT2D eigenvalue weighted by Gasteiger charge is 2.40. The molecule has 1 saturated carbocycles. The molecule has 1 atom stereocenters. The number of aliphatic hydroxyl groups excluding tert-OH is 1. The number of benzene rings is 1. The molecule has 0 bridgehead atoms. The monoisotopic (exact) mass is 256 g/mol. The minimum absolute atomic E-state index is 0.0808. The van der Waals surface area contributed by atoms with Gasteiger partial charge in [0.25, 0.3) is 0 Å². The van der Waals surface area contributed by atoms with Gasteiger partial charge in [-0.1, -0.05) is 12.8 Å². The third-order valence-electron chi connectivity index (χ3n) is 3.88. The van der Waals surface area contributed by atoms with E-state index in [0.29, 0.717) is 0 Å². The van der Waals surface area contributed by atoms with E-state index in [1.807, 2.05) is 0 Å². The van der Waals surface area contributed by atoms with Gasteiger partial charge in [-0.05, 0) is 36.6 Å². The van der Waals surface area contributed by atoms with Gasteiger partial charge >= 0.3 is 0 Å². The summed E-state index contributed by atoms with van der Waals surface area (Å²) in [6.07, 6.45) is 2.80. The number of aliphatic hydroxyl groups is 1. The molecule has 0 spiro atoms. The van der Waals surface area contributed by atoms with Crippen LogP contribution in [0.4, 0.5) is 8.78 Å². The second-order valence-corrected chi connectivity index (χ2v) is 4.93. The van der Waals surface area contributed by atoms with Crippen LogP contribution in [-0.4, -0.2) is 23.9 Å². The van der Waals surface area contributed by atoms with Gasteiger partial charge in [0, 0.05) is 13.5 Å². The van der Waals surface area contributed by atoms with E-state index in [4.69, 9.17) is 4.74 Å². The first-order valence-corrected chi connectivity index (χ1v) is 6.24. The Morgan fingerprint density at radius 1 is 1.33 bits per heavy atom. The summed E-state index contributed by atoms with van der Waals surface area (Å²) >= 11 is 0. The van der Waals surface area contributed by atoms with Crippen LogP contribution in [-0.2, 0) is 11.2 Å². The highest BCUT2D eigenvalue weighted by atomic mass is 19.1. The Bertz CT molecular complexity index is 414. The summed E-state index contributed by atoms with van der Waals surface area (Å²) in [7, 11) is 1.57. The lowest BCUT2D eigenvalue weighted by molar-refractivity contribution is -0.0973. The highest BCUT2D eigenvalue weighted by Crippen LogP contribution is 2.37. The lowest BCUT2D eigenvalue weighted by Crippen LogP contribution is -2.43. The second kappa shape index (κ2) is 5.33. The van der Waals surface area contributed by atoms with Crippen molar-refractivity contribution >= 4 is 0 Å². The molecule has 1 aliphatic rings. The van der Waals surface area contributed by atoms with E-state index in [0.717, 1.165) is 43.9 Å². The summed E-state index contributed by atoms with van der Waals surface area (Å²) in [4.78, 5) is 0. The zero-order valence-electron chi connectivity index (χ0n) is 10.5. The van der Waals surface area contributed by atoms with E-state index < -0.39 is 23.3 Å². The maximum Gasteiger partial charge on any atom is 0.126 e. The maximum absolute atomic E-state index is 13.5. The van der Waals surface area contributed by atoms with E-state index in [9.17, 15) is 13.9 Å². The van der Waals surface area contributed by atoms with E-state index in [-0.39, 0.29) is 12.0 Å². The molecule has 0 heterocycles. The Kier molecular flexibility index (Phi) is 3.97. The minimum atomic E-state index is -0.804. The van der Waals surface area contributed by atoms with Crippen molar-refractivity contribution in [2.45, 2.75) is 43.8 Å². The SMILES string of the molecule is COC1(C(O)Cc2cc(F)ccc2F)CCCC1. The van der Waals surface area contributed by atoms with E-state index in [2.05, 4.69) is 0 Å². The molecular weight excluding hydrogens is 238 g/mol. The van der Waals surface area contributed by atoms with E-state index in [1.165, 1.54) is 0 Å². The Morgan fingerprint density at radius 3 is 2.61 bits per heavy atom. The Morgan fingerprint density at radius 2 is 2.00 bits per heavy atom. The van der Waals surface area contributed by atoms with E-state index >= 15 is 0 Å². The zero-order valence-corrected chi connectivity index (χ0v) is 10.5. The Hall–Kier alpha value is -1.00. The molecule has 1 fully saturated rings. The van der Waals surface area contributed by atoms with Crippen LogP contribution >= 0.6 is 0 Å². The summed E-state index contributed by atoms with van der Waals surface area (Å²) in [5.74, 6) is -0.976. The van der Waals surface area contributed by atoms with Crippen LogP contribution in [0, 0.1) is 11.6 Å². The number of ether oxygens (including phenoxy) is 1. The molecule has 0 amide bonds. The fourth-order valence-electron chi connectivity index (χ4n) is 2.74. The number of rotatable bonds is 4. The van der Waals surface area contributed by atoms with Crippen LogP contribution in [0.1, 0.15) is 31.2 Å². The van der Waals surface area contributed by atoms with Crippen LogP contribution < -0.4 is 0 Å². The van der Waals surface area contributed by atoms with Gasteiger partial charge in [-0.25, -0.2) is 8.78 Å². The van der Waals surface area contributed by atoms with Gasteiger partial charge in [-0.2, -0.15) is 0 Å². The molecule has 0 radical (unpaired) electrons. The van der Waals surface area contributed by atoms with Crippen molar-refractivity contribution in [3.63, 3.8) is 0 Å². The van der Waals surface area contributed by atoms with Crippen LogP contribution in [0.3, 0.4) is 0 Å². The zero-order chi connectivity index (χ0) is 13.2. The predicted molar refractivity (Wildman–Crippen MR) is 64.3 cm³/mol. The number of hydrogen-bond donors (Lipinski definition) is 1. The van der Waals surface area contributed by atoms with Crippen molar-refractivity contribution in [1.29, 1.82) is 0 Å². The summed E-state index contributed by atoms with van der Waals surface area (Å²) in [5.41, 5.74) is -0.399. The molecule has 0 aromatic heterocycles. The summed E-state index contributed by atoms with van der Waals surface area (Å²) < 4.78 is 32.0. The molecule has 4 heteroatoms. The van der Waals surface area contributed by atoms with Gasteiger partial charge in [0.1, 0.15) is 11.6 Å². The van der Waals surface area contributed by atoms with Gasteiger partial charge in [-0.15, -0.1) is 0 Å². The first-order valence-electron chi connectivity index (χ1n) is 6.24. The molecule has 2 nitrogen and oxygen atoms in total. The lowest BCUT2D eigenvalue weighted by Gasteiger charge is -2.33. The second-order valence-electron chi connectivity index (χ2n) is 4.93. The van der Waals surface area contributed by atoms with Crippen molar-refractivity contribution in [3.05, 3.63) is 35.4 Å². The Labute approximate surface area is 106 Å². The first kappa shape index (κ1) is 13.4. The van der Waals surface area contributed by atoms with Gasteiger partial charge < -0.3 is 9.84 Å². The van der Waals surface area contributed by atoms with Gasteiger partial charge in [-0.3, -0.25) is 0 Å². The quantitative estimate of drug-likeness (QED) is 0.897. The molecule has 0 aliphatic heterocycles. The molecule has 18 heavy (non-hydrogen) atoms. The Balaban J connectivity index is 2.15. The molecular formula is C14H18F2O2. The topological polar surface area (TPSA) is 29.5 Å². The van der Waals surface area contributed by atoms with Gasteiger partial charge in [0.15, 0.2) is 0 Å². The maximum atomic E-state index is 13.5. The van der Waals surface area contributed by atoms with Crippen molar-refractivity contribution < 1.29 is 18.6 Å². The average molecular weight is 256 g/mol. The number of methoxy groups -OCH3 is 1. The van der Waals surface area contributed by atoms with Gasteiger partial charge in [0.2, 0.25) is 0 Å². The fraction of sp³-hybridized carbons (Fsp3) is 0.571. The smallest absolute Gasteiger partial charge is 0.126 e. The molecule has 1 aromatic rings. The number of halogens is 2. The lowest BCUT2D eigenvalue weighted by atomic mass is 9.89. The standard InChI is InChI=1S/C14H18F2O2/c1-18-14(6-2-3-7-14)13(17)9-10-8-11(15)4-5-12(10)16/h4-5,8,13,17H,2-3,6-7,9H2,1H3. The predicted octanol–water partition coefficient (Wildman–Crippen LogP) is 2.83. The number of hydrogen-bond acceptors (Lipinski definition) is 2. The van der Waals surface area contributed by atoms with E-state index in [1.54, 1.807) is 7.11 Å². The van der Waals surface area contributed by atoms with Crippen molar-refractivity contribution in [3.8, 4) is 0 Å². The highest BCUT2D eigenvalue weighted by molar-refractivity contribution is 5.20. The summed E-state index contributed by atoms with van der Waals surface area (Å²) in [5, 5.41) is 10.3. The third-order valence-corrected chi connectivity index (χ3v) is 3.88. The average Bonchev–Trinajstić information content (AvgIpc) is 2.84. The molecule has 0 saturated heterocycles. The van der Waals surface area contributed by atoms with Crippen LogP contribution in [0.5, 0.6) is 0 Å².